The van der Waals surface area contributed by atoms with Crippen LogP contribution in [0.4, 0.5) is 0 Å². The molecule has 0 aliphatic carbocycles. The molecule has 0 heterocycles. The quantitative estimate of drug-likeness (QED) is 0.253. The van der Waals surface area contributed by atoms with Gasteiger partial charge in [0.05, 0.1) is 26.2 Å². The molecule has 0 aliphatic heterocycles. The molecule has 0 aromatic heterocycles. The van der Waals surface area contributed by atoms with Crippen LogP contribution in [0.25, 0.3) is 0 Å². The molecule has 0 spiro atoms. The normalized spacial score (nSPS) is 11.1. The second-order valence-corrected chi connectivity index (χ2v) is 9.18. The molecule has 176 valence electrons. The van der Waals surface area contributed by atoms with Crippen LogP contribution in [-0.2, 0) is 25.7 Å². The molecular weight excluding hydrogens is 478 g/mol. The lowest BCUT2D eigenvalue weighted by molar-refractivity contribution is -0.927. The minimum absolute atomic E-state index is 0. The van der Waals surface area contributed by atoms with Crippen molar-refractivity contribution in [3.05, 3.63) is 144 Å². The molecule has 0 saturated heterocycles. The van der Waals surface area contributed by atoms with Gasteiger partial charge in [0.25, 0.3) is 0 Å². The van der Waals surface area contributed by atoms with Gasteiger partial charge in [0, 0.05) is 25.7 Å². The Morgan fingerprint density at radius 3 is 0.735 bits per heavy atom. The van der Waals surface area contributed by atoms with Crippen molar-refractivity contribution in [1.29, 1.82) is 0 Å². The number of rotatable bonds is 12. The van der Waals surface area contributed by atoms with E-state index in [2.05, 4.69) is 121 Å². The van der Waals surface area contributed by atoms with E-state index >= 15 is 0 Å². The largest absolute Gasteiger partial charge is 1.00 e. The van der Waals surface area contributed by atoms with Crippen molar-refractivity contribution in [2.75, 3.05) is 26.2 Å². The highest BCUT2D eigenvalue weighted by Gasteiger charge is 2.27. The van der Waals surface area contributed by atoms with Crippen LogP contribution >= 0.6 is 0 Å². The summed E-state index contributed by atoms with van der Waals surface area (Å²) in [5.74, 6) is 0. The monoisotopic (exact) mass is 513 g/mol. The summed E-state index contributed by atoms with van der Waals surface area (Å²) in [5, 5.41) is 0. The molecule has 0 saturated carbocycles. The number of benzene rings is 4. The predicted octanol–water partition coefficient (Wildman–Crippen LogP) is 3.78. The van der Waals surface area contributed by atoms with Crippen molar-refractivity contribution in [1.82, 2.24) is 0 Å². The fraction of sp³-hybridized carbons (Fsp3) is 0.250. The van der Waals surface area contributed by atoms with Crippen molar-refractivity contribution < 1.29 is 21.5 Å². The average molecular weight is 515 g/mol. The third-order valence-electron chi connectivity index (χ3n) is 6.87. The topological polar surface area (TPSA) is 0 Å². The molecule has 0 atom stereocenters. The van der Waals surface area contributed by atoms with Crippen molar-refractivity contribution in [3.8, 4) is 0 Å². The lowest BCUT2D eigenvalue weighted by Crippen LogP contribution is -3.00. The van der Waals surface area contributed by atoms with E-state index in [4.69, 9.17) is 0 Å². The summed E-state index contributed by atoms with van der Waals surface area (Å²) in [6.07, 6.45) is 4.50. The summed E-state index contributed by atoms with van der Waals surface area (Å²) in [5.41, 5.74) is 5.77. The van der Waals surface area contributed by atoms with Crippen LogP contribution < -0.4 is 17.0 Å². The first kappa shape index (κ1) is 25.9. The van der Waals surface area contributed by atoms with E-state index in [1.807, 2.05) is 0 Å². The Morgan fingerprint density at radius 2 is 0.529 bits per heavy atom. The Kier molecular flexibility index (Phi) is 10.6. The Hall–Kier alpha value is -2.68. The highest BCUT2D eigenvalue weighted by atomic mass is 79.9. The highest BCUT2D eigenvalue weighted by Crippen LogP contribution is 2.18. The van der Waals surface area contributed by atoms with Gasteiger partial charge in [0.15, 0.2) is 0 Å². The van der Waals surface area contributed by atoms with Gasteiger partial charge >= 0.3 is 0 Å². The number of hydrogen-bond donors (Lipinski definition) is 0. The molecule has 4 aromatic carbocycles. The number of halogens is 1. The first-order valence-corrected chi connectivity index (χ1v) is 12.3. The van der Waals surface area contributed by atoms with Gasteiger partial charge in [0.1, 0.15) is 0 Å². The molecule has 34 heavy (non-hydrogen) atoms. The maximum Gasteiger partial charge on any atom is 0.0827 e. The van der Waals surface area contributed by atoms with Crippen molar-refractivity contribution >= 4 is 0 Å². The average Bonchev–Trinajstić information content (AvgIpc) is 2.90. The second kappa shape index (κ2) is 13.9. The molecule has 0 fully saturated rings. The van der Waals surface area contributed by atoms with E-state index < -0.39 is 0 Å². The molecule has 1 nitrogen and oxygen atoms in total. The van der Waals surface area contributed by atoms with Crippen LogP contribution in [0, 0.1) is 0 Å². The zero-order valence-electron chi connectivity index (χ0n) is 20.0. The van der Waals surface area contributed by atoms with Gasteiger partial charge in [0.2, 0.25) is 0 Å². The molecule has 0 amide bonds. The molecule has 0 bridgehead atoms. The summed E-state index contributed by atoms with van der Waals surface area (Å²) >= 11 is 0. The van der Waals surface area contributed by atoms with Gasteiger partial charge in [-0.3, -0.25) is 0 Å². The van der Waals surface area contributed by atoms with Crippen LogP contribution in [0.3, 0.4) is 0 Å². The third-order valence-corrected chi connectivity index (χ3v) is 6.87. The summed E-state index contributed by atoms with van der Waals surface area (Å²) in [6.45, 7) is 4.71. The Bertz CT molecular complexity index is 870. The lowest BCUT2D eigenvalue weighted by Gasteiger charge is -2.39. The van der Waals surface area contributed by atoms with Crippen LogP contribution in [0.5, 0.6) is 0 Å². The molecule has 0 aliphatic rings. The summed E-state index contributed by atoms with van der Waals surface area (Å²) in [4.78, 5) is 0. The van der Waals surface area contributed by atoms with E-state index in [-0.39, 0.29) is 17.0 Å². The predicted molar refractivity (Wildman–Crippen MR) is 140 cm³/mol. The molecule has 2 heteroatoms. The fourth-order valence-corrected chi connectivity index (χ4v) is 4.71. The Morgan fingerprint density at radius 1 is 0.324 bits per heavy atom. The van der Waals surface area contributed by atoms with E-state index in [0.717, 1.165) is 30.2 Å². The summed E-state index contributed by atoms with van der Waals surface area (Å²) in [7, 11) is 0. The lowest BCUT2D eigenvalue weighted by atomic mass is 10.0. The van der Waals surface area contributed by atoms with Crippen molar-refractivity contribution in [2.45, 2.75) is 25.7 Å². The van der Waals surface area contributed by atoms with Crippen LogP contribution in [0.15, 0.2) is 121 Å². The maximum atomic E-state index is 2.28. The zero-order chi connectivity index (χ0) is 22.6. The van der Waals surface area contributed by atoms with Crippen molar-refractivity contribution in [2.24, 2.45) is 0 Å². The Balaban J connectivity index is 0.00000324. The van der Waals surface area contributed by atoms with Gasteiger partial charge in [-0.2, -0.15) is 0 Å². The molecule has 0 unspecified atom stereocenters. The molecule has 0 N–H and O–H groups in total. The van der Waals surface area contributed by atoms with Gasteiger partial charge in [-0.05, 0) is 22.3 Å². The van der Waals surface area contributed by atoms with Crippen molar-refractivity contribution in [3.63, 3.8) is 0 Å². The minimum Gasteiger partial charge on any atom is -1.00 e. The van der Waals surface area contributed by atoms with Gasteiger partial charge in [-0.15, -0.1) is 0 Å². The smallest absolute Gasteiger partial charge is 0.0827 e. The number of quaternary nitrogens is 1. The van der Waals surface area contributed by atoms with Gasteiger partial charge in [-0.25, -0.2) is 0 Å². The fourth-order valence-electron chi connectivity index (χ4n) is 4.71. The van der Waals surface area contributed by atoms with E-state index in [9.17, 15) is 0 Å². The number of nitrogens with zero attached hydrogens (tertiary/aromatic N) is 1. The first-order valence-electron chi connectivity index (χ1n) is 12.3. The van der Waals surface area contributed by atoms with Gasteiger partial charge in [-0.1, -0.05) is 121 Å². The molecule has 0 radical (unpaired) electrons. The highest BCUT2D eigenvalue weighted by molar-refractivity contribution is 5.17. The first-order chi connectivity index (χ1) is 16.3. The minimum atomic E-state index is 0. The summed E-state index contributed by atoms with van der Waals surface area (Å²) in [6, 6.07) is 44.0. The molecular formula is C32H36BrN. The Labute approximate surface area is 216 Å². The SMILES string of the molecule is [Br-].c1ccc(CC[N+](CCc2ccccc2)(CCc2ccccc2)CCc2ccccc2)cc1. The van der Waals surface area contributed by atoms with Gasteiger partial charge < -0.3 is 21.5 Å². The zero-order valence-corrected chi connectivity index (χ0v) is 21.6. The maximum absolute atomic E-state index is 2.28. The van der Waals surface area contributed by atoms with Crippen LogP contribution in [-0.4, -0.2) is 30.7 Å². The summed E-state index contributed by atoms with van der Waals surface area (Å²) < 4.78 is 1.15. The van der Waals surface area contributed by atoms with E-state index in [1.165, 1.54) is 48.4 Å². The van der Waals surface area contributed by atoms with E-state index in [1.54, 1.807) is 0 Å². The number of hydrogen-bond acceptors (Lipinski definition) is 0. The standard InChI is InChI=1S/C32H36N.BrH/c1-5-13-29(14-6-1)21-25-33(26-22-30-15-7-2-8-16-30,27-23-31-17-9-3-10-18-31)28-24-32-19-11-4-12-20-32;/h1-20H,21-28H2;1H/q+1;/p-1. The molecule has 4 rings (SSSR count). The second-order valence-electron chi connectivity index (χ2n) is 9.18. The third kappa shape index (κ3) is 8.27. The van der Waals surface area contributed by atoms with Crippen LogP contribution in [0.2, 0.25) is 0 Å². The van der Waals surface area contributed by atoms with Crippen LogP contribution in [0.1, 0.15) is 22.3 Å². The molecule has 4 aromatic rings. The van der Waals surface area contributed by atoms with E-state index in [0.29, 0.717) is 0 Å².